The van der Waals surface area contributed by atoms with E-state index in [1.54, 1.807) is 11.6 Å². The van der Waals surface area contributed by atoms with Gasteiger partial charge in [-0.1, -0.05) is 75.4 Å². The predicted molar refractivity (Wildman–Crippen MR) is 116 cm³/mol. The summed E-state index contributed by atoms with van der Waals surface area (Å²) in [4.78, 5) is 16.2. The minimum atomic E-state index is -0.550. The molecule has 0 saturated carbocycles. The first-order valence-electron chi connectivity index (χ1n) is 9.60. The Morgan fingerprint density at radius 2 is 1.64 bits per heavy atom. The van der Waals surface area contributed by atoms with Crippen molar-refractivity contribution in [2.24, 2.45) is 10.8 Å². The van der Waals surface area contributed by atoms with E-state index >= 15 is 0 Å². The molecule has 0 unspecified atom stereocenters. The molecule has 0 atom stereocenters. The molecule has 0 saturated heterocycles. The molecule has 0 aliphatic rings. The molecule has 0 aliphatic heterocycles. The minimum Gasteiger partial charge on any atom is -0.365 e. The molecule has 2 aromatic carbocycles. The van der Waals surface area contributed by atoms with Gasteiger partial charge in [-0.15, -0.1) is 0 Å². The molecular formula is C23H28N4O. The van der Waals surface area contributed by atoms with Gasteiger partial charge in [-0.2, -0.15) is 5.10 Å². The predicted octanol–water partition coefficient (Wildman–Crippen LogP) is 4.82. The maximum absolute atomic E-state index is 11.5. The number of benzene rings is 2. The zero-order chi connectivity index (χ0) is 20.7. The van der Waals surface area contributed by atoms with E-state index in [9.17, 15) is 4.79 Å². The second-order valence-corrected chi connectivity index (χ2v) is 6.13. The molecule has 146 valence electrons. The summed E-state index contributed by atoms with van der Waals surface area (Å²) in [6.07, 6.45) is 0.987. The van der Waals surface area contributed by atoms with E-state index < -0.39 is 5.91 Å². The van der Waals surface area contributed by atoms with Gasteiger partial charge in [0.15, 0.2) is 0 Å². The van der Waals surface area contributed by atoms with Gasteiger partial charge in [0.1, 0.15) is 17.2 Å². The number of rotatable bonds is 5. The summed E-state index contributed by atoms with van der Waals surface area (Å²) >= 11 is 0. The number of nitrogens with zero attached hydrogens (tertiary/aromatic N) is 3. The maximum Gasteiger partial charge on any atom is 0.264 e. The molecule has 0 spiro atoms. The number of primary amides is 1. The van der Waals surface area contributed by atoms with Crippen molar-refractivity contribution in [2.45, 2.75) is 41.0 Å². The summed E-state index contributed by atoms with van der Waals surface area (Å²) < 4.78 is 1.69. The molecule has 1 heterocycles. The Bertz CT molecular complexity index is 954. The highest BCUT2D eigenvalue weighted by Gasteiger charge is 2.18. The van der Waals surface area contributed by atoms with Crippen LogP contribution in [-0.4, -0.2) is 21.3 Å². The average Bonchev–Trinajstić information content (AvgIpc) is 3.06. The third-order valence-electron chi connectivity index (χ3n) is 4.31. The van der Waals surface area contributed by atoms with E-state index in [0.717, 1.165) is 28.9 Å². The van der Waals surface area contributed by atoms with Gasteiger partial charge in [-0.25, -0.2) is 9.66 Å². The lowest BCUT2D eigenvalue weighted by Crippen LogP contribution is -2.21. The van der Waals surface area contributed by atoms with Gasteiger partial charge in [0.2, 0.25) is 0 Å². The van der Waals surface area contributed by atoms with E-state index in [1.807, 2.05) is 51.1 Å². The number of aromatic nitrogens is 2. The Morgan fingerprint density at radius 1 is 1.04 bits per heavy atom. The first kappa shape index (κ1) is 21.1. The van der Waals surface area contributed by atoms with Gasteiger partial charge >= 0.3 is 0 Å². The van der Waals surface area contributed by atoms with Crippen molar-refractivity contribution in [2.75, 3.05) is 0 Å². The van der Waals surface area contributed by atoms with Crippen LogP contribution < -0.4 is 5.73 Å². The van der Waals surface area contributed by atoms with Crippen LogP contribution in [0.3, 0.4) is 0 Å². The minimum absolute atomic E-state index is 0.232. The van der Waals surface area contributed by atoms with Gasteiger partial charge in [-0.3, -0.25) is 4.79 Å². The smallest absolute Gasteiger partial charge is 0.264 e. The number of imidazole rings is 1. The molecule has 0 bridgehead atoms. The van der Waals surface area contributed by atoms with E-state index in [4.69, 9.17) is 10.7 Å². The zero-order valence-corrected chi connectivity index (χ0v) is 17.2. The first-order valence-corrected chi connectivity index (χ1v) is 9.60. The molecule has 5 nitrogen and oxygen atoms in total. The third-order valence-corrected chi connectivity index (χ3v) is 4.31. The lowest BCUT2D eigenvalue weighted by atomic mass is 10.0. The van der Waals surface area contributed by atoms with E-state index in [1.165, 1.54) is 5.56 Å². The van der Waals surface area contributed by atoms with Crippen LogP contribution in [0.1, 0.15) is 39.1 Å². The molecule has 28 heavy (non-hydrogen) atoms. The molecular weight excluding hydrogens is 348 g/mol. The molecule has 5 heteroatoms. The number of amides is 1. The Hall–Kier alpha value is -3.21. The van der Waals surface area contributed by atoms with Crippen molar-refractivity contribution in [3.8, 4) is 22.5 Å². The van der Waals surface area contributed by atoms with Crippen molar-refractivity contribution >= 4 is 11.6 Å². The molecule has 3 aromatic rings. The summed E-state index contributed by atoms with van der Waals surface area (Å²) in [5.74, 6) is 0.144. The van der Waals surface area contributed by atoms with Gasteiger partial charge < -0.3 is 5.73 Å². The lowest BCUT2D eigenvalue weighted by molar-refractivity contribution is -0.112. The topological polar surface area (TPSA) is 73.3 Å². The number of carbonyl (C=O) groups excluding carboxylic acids is 1. The van der Waals surface area contributed by atoms with Crippen LogP contribution in [0.15, 0.2) is 59.7 Å². The Morgan fingerprint density at radius 3 is 2.18 bits per heavy atom. The second-order valence-electron chi connectivity index (χ2n) is 6.13. The highest BCUT2D eigenvalue weighted by molar-refractivity contribution is 6.37. The fourth-order valence-electron chi connectivity index (χ4n) is 2.80. The number of hydrogen-bond acceptors (Lipinski definition) is 3. The summed E-state index contributed by atoms with van der Waals surface area (Å²) in [6, 6.07) is 18.3. The number of carbonyl (C=O) groups is 1. The highest BCUT2D eigenvalue weighted by atomic mass is 16.1. The summed E-state index contributed by atoms with van der Waals surface area (Å²) in [7, 11) is 0. The van der Waals surface area contributed by atoms with E-state index in [-0.39, 0.29) is 5.71 Å². The molecule has 3 rings (SSSR count). The normalized spacial score (nSPS) is 11.0. The van der Waals surface area contributed by atoms with Crippen LogP contribution in [0.2, 0.25) is 0 Å². The maximum atomic E-state index is 11.5. The van der Waals surface area contributed by atoms with Gasteiger partial charge in [0.05, 0.1) is 5.69 Å². The van der Waals surface area contributed by atoms with E-state index in [2.05, 4.69) is 36.3 Å². The molecule has 0 radical (unpaired) electrons. The van der Waals surface area contributed by atoms with Crippen LogP contribution in [0.25, 0.3) is 22.5 Å². The average molecular weight is 377 g/mol. The van der Waals surface area contributed by atoms with Crippen LogP contribution in [0.4, 0.5) is 0 Å². The molecule has 1 amide bonds. The van der Waals surface area contributed by atoms with Gasteiger partial charge in [0.25, 0.3) is 5.91 Å². The quantitative estimate of drug-likeness (QED) is 0.648. The van der Waals surface area contributed by atoms with Crippen LogP contribution in [0, 0.1) is 6.92 Å². The first-order chi connectivity index (χ1) is 13.5. The zero-order valence-electron chi connectivity index (χ0n) is 17.2. The lowest BCUT2D eigenvalue weighted by Gasteiger charge is -2.08. The second kappa shape index (κ2) is 9.65. The standard InChI is InChI=1S/C21H22N4O.C2H6/c1-4-16-10-12-17(13-11-16)19-20(18-8-6-5-7-9-18)25(15(3)23-19)24-14(2)21(22)26;1-2/h5-13H,4H2,1-3H3,(H2,22,26);1-2H3/b24-14+;. The fraction of sp³-hybridized carbons (Fsp3) is 0.261. The fourth-order valence-corrected chi connectivity index (χ4v) is 2.80. The highest BCUT2D eigenvalue weighted by Crippen LogP contribution is 2.33. The molecule has 0 aliphatic carbocycles. The number of aryl methyl sites for hydroxylation is 2. The molecule has 0 fully saturated rings. The van der Waals surface area contributed by atoms with Gasteiger partial charge in [0, 0.05) is 11.1 Å². The third kappa shape index (κ3) is 4.55. The summed E-state index contributed by atoms with van der Waals surface area (Å²) in [6.45, 7) is 9.60. The monoisotopic (exact) mass is 376 g/mol. The molecule has 2 N–H and O–H groups in total. The van der Waals surface area contributed by atoms with Crippen LogP contribution >= 0.6 is 0 Å². The van der Waals surface area contributed by atoms with Crippen molar-refractivity contribution < 1.29 is 4.79 Å². The Labute approximate surface area is 166 Å². The largest absolute Gasteiger partial charge is 0.365 e. The van der Waals surface area contributed by atoms with Crippen LogP contribution in [-0.2, 0) is 11.2 Å². The number of nitrogens with two attached hydrogens (primary N) is 1. The van der Waals surface area contributed by atoms with Crippen molar-refractivity contribution in [1.82, 2.24) is 9.66 Å². The molecule has 1 aromatic heterocycles. The van der Waals surface area contributed by atoms with Crippen molar-refractivity contribution in [1.29, 1.82) is 0 Å². The van der Waals surface area contributed by atoms with Crippen LogP contribution in [0.5, 0.6) is 0 Å². The van der Waals surface area contributed by atoms with Crippen molar-refractivity contribution in [3.05, 3.63) is 66.0 Å². The Balaban J connectivity index is 0.00000136. The Kier molecular flexibility index (Phi) is 7.27. The summed E-state index contributed by atoms with van der Waals surface area (Å²) in [5, 5.41) is 4.41. The SMILES string of the molecule is CC.CCc1ccc(-c2nc(C)n(/N=C(\C)C(N)=O)c2-c2ccccc2)cc1. The van der Waals surface area contributed by atoms with Crippen molar-refractivity contribution in [3.63, 3.8) is 0 Å². The van der Waals surface area contributed by atoms with Gasteiger partial charge in [-0.05, 0) is 25.8 Å². The van der Waals surface area contributed by atoms with E-state index in [0.29, 0.717) is 5.82 Å². The number of hydrogen-bond donors (Lipinski definition) is 1. The summed E-state index contributed by atoms with van der Waals surface area (Å²) in [5.41, 5.74) is 10.5.